The minimum Gasteiger partial charge on any atom is -0.394 e. The Morgan fingerprint density at radius 1 is 1.33 bits per heavy atom. The van der Waals surface area contributed by atoms with E-state index in [0.29, 0.717) is 6.42 Å². The minimum absolute atomic E-state index is 0.000156. The number of fused-ring (bicyclic) bond motifs is 1. The Morgan fingerprint density at radius 2 is 2.00 bits per heavy atom. The van der Waals surface area contributed by atoms with E-state index in [4.69, 9.17) is 5.11 Å². The highest BCUT2D eigenvalue weighted by Crippen LogP contribution is 2.23. The van der Waals surface area contributed by atoms with Crippen molar-refractivity contribution in [2.45, 2.75) is 33.2 Å². The fraction of sp³-hybridized carbons (Fsp3) is 0.412. The summed E-state index contributed by atoms with van der Waals surface area (Å²) in [6.45, 7) is 5.78. The topological polar surface area (TPSA) is 53.4 Å². The van der Waals surface area contributed by atoms with Gasteiger partial charge in [-0.3, -0.25) is 9.78 Å². The number of aryl methyl sites for hydroxylation is 2. The first-order valence-electron chi connectivity index (χ1n) is 7.17. The molecule has 1 heterocycles. The molecule has 0 aliphatic heterocycles. The van der Waals surface area contributed by atoms with Gasteiger partial charge in [0.15, 0.2) is 0 Å². The number of hydrogen-bond acceptors (Lipinski definition) is 3. The van der Waals surface area contributed by atoms with E-state index in [1.807, 2.05) is 45.0 Å². The van der Waals surface area contributed by atoms with Gasteiger partial charge in [-0.2, -0.15) is 0 Å². The molecule has 1 N–H and O–H groups in total. The van der Waals surface area contributed by atoms with Crippen molar-refractivity contribution in [2.75, 3.05) is 13.7 Å². The fourth-order valence-corrected chi connectivity index (χ4v) is 2.48. The van der Waals surface area contributed by atoms with Crippen LogP contribution in [0.1, 0.15) is 23.7 Å². The lowest BCUT2D eigenvalue weighted by Crippen LogP contribution is -2.38. The van der Waals surface area contributed by atoms with E-state index in [2.05, 4.69) is 4.98 Å². The van der Waals surface area contributed by atoms with Crippen LogP contribution < -0.4 is 0 Å². The van der Waals surface area contributed by atoms with E-state index in [0.717, 1.165) is 27.7 Å². The summed E-state index contributed by atoms with van der Waals surface area (Å²) in [6, 6.07) is 7.80. The van der Waals surface area contributed by atoms with E-state index < -0.39 is 0 Å². The molecule has 0 bridgehead atoms. The summed E-state index contributed by atoms with van der Waals surface area (Å²) in [5, 5.41) is 10.3. The second-order valence-corrected chi connectivity index (χ2v) is 5.53. The lowest BCUT2D eigenvalue weighted by molar-refractivity contribution is -0.131. The molecule has 1 aromatic heterocycles. The number of pyridine rings is 1. The third-order valence-electron chi connectivity index (χ3n) is 4.13. The van der Waals surface area contributed by atoms with Crippen molar-refractivity contribution >= 4 is 16.8 Å². The number of nitrogens with zero attached hydrogens (tertiary/aromatic N) is 2. The minimum atomic E-state index is -0.175. The highest BCUT2D eigenvalue weighted by Gasteiger charge is 2.18. The molecule has 21 heavy (non-hydrogen) atoms. The zero-order chi connectivity index (χ0) is 15.6. The number of hydrogen-bond donors (Lipinski definition) is 1. The second kappa shape index (κ2) is 6.22. The van der Waals surface area contributed by atoms with E-state index in [9.17, 15) is 4.79 Å². The van der Waals surface area contributed by atoms with Crippen molar-refractivity contribution in [3.8, 4) is 0 Å². The first-order chi connectivity index (χ1) is 9.95. The summed E-state index contributed by atoms with van der Waals surface area (Å²) in [6.07, 6.45) is 0.316. The summed E-state index contributed by atoms with van der Waals surface area (Å²) in [5.41, 5.74) is 3.94. The van der Waals surface area contributed by atoms with E-state index in [1.54, 1.807) is 11.9 Å². The average Bonchev–Trinajstić information content (AvgIpc) is 2.49. The van der Waals surface area contributed by atoms with Gasteiger partial charge >= 0.3 is 0 Å². The Bertz CT molecular complexity index is 667. The van der Waals surface area contributed by atoms with Gasteiger partial charge in [0, 0.05) is 18.1 Å². The summed E-state index contributed by atoms with van der Waals surface area (Å²) < 4.78 is 0. The third-order valence-corrected chi connectivity index (χ3v) is 4.13. The lowest BCUT2D eigenvalue weighted by atomic mass is 9.99. The number of aliphatic hydroxyl groups is 1. The van der Waals surface area contributed by atoms with Gasteiger partial charge in [0.1, 0.15) is 0 Å². The Kier molecular flexibility index (Phi) is 4.58. The van der Waals surface area contributed by atoms with Crippen molar-refractivity contribution in [1.82, 2.24) is 9.88 Å². The van der Waals surface area contributed by atoms with Crippen LogP contribution in [0.15, 0.2) is 24.3 Å². The van der Waals surface area contributed by atoms with Crippen molar-refractivity contribution in [2.24, 2.45) is 0 Å². The first kappa shape index (κ1) is 15.4. The molecular weight excluding hydrogens is 264 g/mol. The molecule has 2 rings (SSSR count). The molecule has 1 aromatic carbocycles. The molecule has 0 saturated heterocycles. The quantitative estimate of drug-likeness (QED) is 0.937. The molecular formula is C17H22N2O2. The molecule has 112 valence electrons. The fourth-order valence-electron chi connectivity index (χ4n) is 2.48. The number of aromatic nitrogens is 1. The molecule has 1 atom stereocenters. The van der Waals surface area contributed by atoms with Crippen molar-refractivity contribution in [3.63, 3.8) is 0 Å². The third kappa shape index (κ3) is 3.05. The Hall–Kier alpha value is -1.94. The van der Waals surface area contributed by atoms with Gasteiger partial charge in [-0.05, 0) is 38.0 Å². The molecule has 4 heteroatoms. The molecule has 0 aliphatic rings. The molecule has 0 radical (unpaired) electrons. The lowest BCUT2D eigenvalue weighted by Gasteiger charge is -2.24. The van der Waals surface area contributed by atoms with Gasteiger partial charge in [-0.25, -0.2) is 0 Å². The highest BCUT2D eigenvalue weighted by atomic mass is 16.3. The summed E-state index contributed by atoms with van der Waals surface area (Å²) in [4.78, 5) is 18.5. The summed E-state index contributed by atoms with van der Waals surface area (Å²) >= 11 is 0. The first-order valence-corrected chi connectivity index (χ1v) is 7.17. The summed E-state index contributed by atoms with van der Waals surface area (Å²) in [7, 11) is 1.72. The van der Waals surface area contributed by atoms with E-state index >= 15 is 0 Å². The number of amides is 1. The van der Waals surface area contributed by atoms with Crippen LogP contribution in [0.3, 0.4) is 0 Å². The summed E-state index contributed by atoms with van der Waals surface area (Å²) in [5.74, 6) is -0.000156. The van der Waals surface area contributed by atoms with Gasteiger partial charge in [-0.15, -0.1) is 0 Å². The zero-order valence-electron chi connectivity index (χ0n) is 13.1. The van der Waals surface area contributed by atoms with Crippen LogP contribution in [0.25, 0.3) is 10.9 Å². The van der Waals surface area contributed by atoms with Crippen molar-refractivity contribution in [3.05, 3.63) is 41.1 Å². The van der Waals surface area contributed by atoms with Crippen LogP contribution in [0.4, 0.5) is 0 Å². The van der Waals surface area contributed by atoms with Gasteiger partial charge in [0.05, 0.1) is 24.6 Å². The highest BCUT2D eigenvalue weighted by molar-refractivity contribution is 5.86. The smallest absolute Gasteiger partial charge is 0.227 e. The zero-order valence-corrected chi connectivity index (χ0v) is 13.1. The van der Waals surface area contributed by atoms with E-state index in [1.165, 1.54) is 0 Å². The number of para-hydroxylation sites is 1. The van der Waals surface area contributed by atoms with Crippen LogP contribution in [-0.4, -0.2) is 40.6 Å². The number of carbonyl (C=O) groups is 1. The number of likely N-dealkylation sites (N-methyl/N-ethyl adjacent to an activating group) is 1. The predicted molar refractivity (Wildman–Crippen MR) is 84.2 cm³/mol. The van der Waals surface area contributed by atoms with Gasteiger partial charge in [0.25, 0.3) is 0 Å². The van der Waals surface area contributed by atoms with Crippen LogP contribution in [-0.2, 0) is 11.2 Å². The molecule has 0 spiro atoms. The molecule has 0 saturated carbocycles. The van der Waals surface area contributed by atoms with Crippen LogP contribution in [0.5, 0.6) is 0 Å². The normalized spacial score (nSPS) is 12.4. The SMILES string of the molecule is Cc1nc2ccccc2c(C)c1CC(=O)N(C)C(C)CO. The average molecular weight is 286 g/mol. The molecule has 0 fully saturated rings. The van der Waals surface area contributed by atoms with E-state index in [-0.39, 0.29) is 18.6 Å². The number of rotatable bonds is 4. The van der Waals surface area contributed by atoms with Gasteiger partial charge in [0.2, 0.25) is 5.91 Å². The maximum Gasteiger partial charge on any atom is 0.227 e. The van der Waals surface area contributed by atoms with Crippen LogP contribution in [0.2, 0.25) is 0 Å². The standard InChI is InChI=1S/C17H22N2O2/c1-11(10-20)19(4)17(21)9-15-12(2)14-7-5-6-8-16(14)18-13(15)3/h5-8,11,20H,9-10H2,1-4H3. The largest absolute Gasteiger partial charge is 0.394 e. The Labute approximate surface area is 125 Å². The molecule has 1 unspecified atom stereocenters. The maximum atomic E-state index is 12.3. The van der Waals surface area contributed by atoms with Crippen molar-refractivity contribution in [1.29, 1.82) is 0 Å². The van der Waals surface area contributed by atoms with Crippen LogP contribution >= 0.6 is 0 Å². The molecule has 1 amide bonds. The number of benzene rings is 1. The molecule has 0 aliphatic carbocycles. The van der Waals surface area contributed by atoms with Gasteiger partial charge in [-0.1, -0.05) is 18.2 Å². The Morgan fingerprint density at radius 3 is 2.67 bits per heavy atom. The number of aliphatic hydroxyl groups excluding tert-OH is 1. The maximum absolute atomic E-state index is 12.3. The molecule has 2 aromatic rings. The predicted octanol–water partition coefficient (Wildman–Crippen LogP) is 2.23. The Balaban J connectivity index is 2.36. The van der Waals surface area contributed by atoms with Crippen molar-refractivity contribution < 1.29 is 9.90 Å². The molecule has 4 nitrogen and oxygen atoms in total. The van der Waals surface area contributed by atoms with Gasteiger partial charge < -0.3 is 10.0 Å². The monoisotopic (exact) mass is 286 g/mol. The second-order valence-electron chi connectivity index (χ2n) is 5.53. The van der Waals surface area contributed by atoms with Crippen LogP contribution in [0, 0.1) is 13.8 Å². The number of carbonyl (C=O) groups excluding carboxylic acids is 1.